The third-order valence-electron chi connectivity index (χ3n) is 10.3. The van der Waals surface area contributed by atoms with Gasteiger partial charge in [0.15, 0.2) is 0 Å². The number of fused-ring (bicyclic) bond motifs is 4. The number of nitrogens with zero attached hydrogens (tertiary/aromatic N) is 2. The van der Waals surface area contributed by atoms with Gasteiger partial charge in [0, 0.05) is 48.1 Å². The average molecular weight is 642 g/mol. The van der Waals surface area contributed by atoms with Crippen LogP contribution in [0.25, 0.3) is 0 Å². The molecule has 44 heavy (non-hydrogen) atoms. The average Bonchev–Trinajstić information content (AvgIpc) is 3.10. The number of hydrogen-bond acceptors (Lipinski definition) is 7. The van der Waals surface area contributed by atoms with Gasteiger partial charge in [0.05, 0.1) is 31.6 Å². The largest absolute Gasteiger partial charge is 0.490 e. The first-order valence-corrected chi connectivity index (χ1v) is 17.6. The van der Waals surface area contributed by atoms with Crippen molar-refractivity contribution in [3.05, 3.63) is 70.3 Å². The molecular formula is C33H40ClN3O6S. The van der Waals surface area contributed by atoms with E-state index in [-0.39, 0.29) is 41.8 Å². The Morgan fingerprint density at radius 1 is 1.14 bits per heavy atom. The second-order valence-electron chi connectivity index (χ2n) is 13.2. The smallest absolute Gasteiger partial charge is 0.304 e. The minimum Gasteiger partial charge on any atom is -0.490 e. The maximum absolute atomic E-state index is 13.5. The minimum atomic E-state index is -4.12. The zero-order valence-corrected chi connectivity index (χ0v) is 26.4. The van der Waals surface area contributed by atoms with Crippen molar-refractivity contribution >= 4 is 33.4 Å². The lowest BCUT2D eigenvalue weighted by atomic mass is 9.68. The Labute approximate surface area is 264 Å². The van der Waals surface area contributed by atoms with Crippen LogP contribution in [0.2, 0.25) is 5.02 Å². The second kappa shape index (κ2) is 11.9. The number of anilines is 1. The van der Waals surface area contributed by atoms with E-state index in [1.54, 1.807) is 18.2 Å². The topological polar surface area (TPSA) is 108 Å². The Bertz CT molecular complexity index is 1560. The Morgan fingerprint density at radius 3 is 2.77 bits per heavy atom. The van der Waals surface area contributed by atoms with Gasteiger partial charge >= 0.3 is 10.2 Å². The van der Waals surface area contributed by atoms with Gasteiger partial charge in [-0.25, -0.2) is 4.72 Å². The molecule has 4 atom stereocenters. The quantitative estimate of drug-likeness (QED) is 0.476. The molecule has 1 saturated carbocycles. The highest BCUT2D eigenvalue weighted by molar-refractivity contribution is 7.87. The van der Waals surface area contributed by atoms with Crippen molar-refractivity contribution in [2.45, 2.75) is 50.0 Å². The number of carbonyl (C=O) groups is 1. The first kappa shape index (κ1) is 30.0. The number of benzene rings is 2. The fourth-order valence-electron chi connectivity index (χ4n) is 7.63. The van der Waals surface area contributed by atoms with Gasteiger partial charge in [-0.1, -0.05) is 29.8 Å². The minimum absolute atomic E-state index is 0.0871. The number of rotatable bonds is 2. The number of carbonyl (C=O) groups excluding carboxylic acids is 1. The zero-order chi connectivity index (χ0) is 30.5. The monoisotopic (exact) mass is 641 g/mol. The molecule has 7 rings (SSSR count). The number of ether oxygens (including phenoxy) is 2. The number of aliphatic hydroxyl groups is 1. The van der Waals surface area contributed by atoms with Crippen LogP contribution in [0.15, 0.2) is 48.6 Å². The summed E-state index contributed by atoms with van der Waals surface area (Å²) < 4.78 is 42.4. The number of hydrogen-bond donors (Lipinski definition) is 2. The summed E-state index contributed by atoms with van der Waals surface area (Å²) in [6.07, 6.45) is 8.41. The lowest BCUT2D eigenvalue weighted by molar-refractivity contribution is -0.0382. The maximum atomic E-state index is 13.5. The molecule has 2 bridgehead atoms. The van der Waals surface area contributed by atoms with Crippen molar-refractivity contribution < 1.29 is 27.8 Å². The molecule has 0 radical (unpaired) electrons. The Balaban J connectivity index is 1.26. The fraction of sp³-hybridized carbons (Fsp3) is 0.545. The highest BCUT2D eigenvalue weighted by Crippen LogP contribution is 2.46. The van der Waals surface area contributed by atoms with Crippen LogP contribution in [0.1, 0.15) is 53.6 Å². The molecule has 11 heteroatoms. The zero-order valence-electron chi connectivity index (χ0n) is 24.8. The summed E-state index contributed by atoms with van der Waals surface area (Å²) in [5.41, 5.74) is 3.27. The van der Waals surface area contributed by atoms with Crippen molar-refractivity contribution in [1.82, 2.24) is 9.03 Å². The van der Waals surface area contributed by atoms with Crippen LogP contribution in [-0.4, -0.2) is 75.8 Å². The van der Waals surface area contributed by atoms with E-state index < -0.39 is 22.2 Å². The molecule has 1 spiro atoms. The van der Waals surface area contributed by atoms with Gasteiger partial charge in [0.2, 0.25) is 0 Å². The van der Waals surface area contributed by atoms with Gasteiger partial charge in [-0.3, -0.25) is 4.79 Å². The summed E-state index contributed by atoms with van der Waals surface area (Å²) in [5, 5.41) is 11.9. The molecule has 3 aliphatic heterocycles. The van der Waals surface area contributed by atoms with Gasteiger partial charge in [-0.15, -0.1) is 0 Å². The Hall–Kier alpha value is -2.63. The molecule has 236 valence electrons. The third kappa shape index (κ3) is 5.75. The van der Waals surface area contributed by atoms with Crippen molar-refractivity contribution in [2.75, 3.05) is 50.9 Å². The fourth-order valence-corrected chi connectivity index (χ4v) is 9.06. The van der Waals surface area contributed by atoms with Crippen LogP contribution in [-0.2, 0) is 26.8 Å². The summed E-state index contributed by atoms with van der Waals surface area (Å²) in [4.78, 5) is 15.8. The van der Waals surface area contributed by atoms with E-state index in [0.717, 1.165) is 42.8 Å². The van der Waals surface area contributed by atoms with Gasteiger partial charge < -0.3 is 19.5 Å². The van der Waals surface area contributed by atoms with Crippen LogP contribution in [0.4, 0.5) is 5.69 Å². The predicted octanol–water partition coefficient (Wildman–Crippen LogP) is 4.08. The van der Waals surface area contributed by atoms with E-state index in [1.807, 2.05) is 18.2 Å². The first-order chi connectivity index (χ1) is 21.2. The lowest BCUT2D eigenvalue weighted by Gasteiger charge is -2.45. The molecule has 0 unspecified atom stereocenters. The summed E-state index contributed by atoms with van der Waals surface area (Å²) in [6, 6.07) is 11.4. The number of amides is 1. The molecule has 9 nitrogen and oxygen atoms in total. The molecular weight excluding hydrogens is 602 g/mol. The molecule has 0 aromatic heterocycles. The maximum Gasteiger partial charge on any atom is 0.304 e. The predicted molar refractivity (Wildman–Crippen MR) is 168 cm³/mol. The standard InChI is InChI=1S/C33H40ClN3O6S/c34-26-8-10-28-23(14-26)4-3-12-33(28)20-36-17-25-6-9-27(25)30(38)5-1-2-13-37(16-22-18-42-19-22)44(40,41)35-32(39)24-7-11-31(43-21-33)29(36)15-24/h1,5,7-8,10-11,14-15,22,25,27,30,38H,2-4,6,9,12-13,16-21H2,(H,35,39)/b5-1+/t25-,27+,30-,33-/m0/s1. The third-order valence-corrected chi connectivity index (χ3v) is 12.0. The van der Waals surface area contributed by atoms with Crippen molar-refractivity contribution in [2.24, 2.45) is 17.8 Å². The number of aliphatic hydroxyl groups excluding tert-OH is 1. The number of aryl methyl sites for hydroxylation is 1. The molecule has 1 saturated heterocycles. The molecule has 2 N–H and O–H groups in total. The van der Waals surface area contributed by atoms with Gasteiger partial charge in [0.25, 0.3) is 5.91 Å². The molecule has 2 fully saturated rings. The first-order valence-electron chi connectivity index (χ1n) is 15.8. The molecule has 1 amide bonds. The van der Waals surface area contributed by atoms with E-state index in [4.69, 9.17) is 21.1 Å². The normalized spacial score (nSPS) is 31.4. The van der Waals surface area contributed by atoms with Crippen LogP contribution >= 0.6 is 11.6 Å². The molecule has 5 aliphatic rings. The highest BCUT2D eigenvalue weighted by atomic mass is 35.5. The van der Waals surface area contributed by atoms with Crippen molar-refractivity contribution in [1.29, 1.82) is 0 Å². The summed E-state index contributed by atoms with van der Waals surface area (Å²) in [7, 11) is -4.12. The van der Waals surface area contributed by atoms with Gasteiger partial charge in [-0.2, -0.15) is 12.7 Å². The Kier molecular flexibility index (Phi) is 8.16. The van der Waals surface area contributed by atoms with Crippen molar-refractivity contribution in [3.8, 4) is 5.75 Å². The van der Waals surface area contributed by atoms with E-state index in [0.29, 0.717) is 45.1 Å². The van der Waals surface area contributed by atoms with E-state index in [9.17, 15) is 18.3 Å². The lowest BCUT2D eigenvalue weighted by Crippen LogP contribution is -2.49. The van der Waals surface area contributed by atoms with Crippen LogP contribution in [0.3, 0.4) is 0 Å². The molecule has 2 aliphatic carbocycles. The molecule has 2 aromatic rings. The van der Waals surface area contributed by atoms with Crippen LogP contribution in [0.5, 0.6) is 5.75 Å². The van der Waals surface area contributed by atoms with E-state index in [2.05, 4.69) is 21.8 Å². The van der Waals surface area contributed by atoms with E-state index in [1.165, 1.54) is 15.4 Å². The van der Waals surface area contributed by atoms with Gasteiger partial charge in [-0.05, 0) is 91.8 Å². The van der Waals surface area contributed by atoms with Crippen LogP contribution < -0.4 is 14.4 Å². The highest BCUT2D eigenvalue weighted by Gasteiger charge is 2.44. The van der Waals surface area contributed by atoms with Gasteiger partial charge in [0.1, 0.15) is 5.75 Å². The van der Waals surface area contributed by atoms with Crippen LogP contribution in [0, 0.1) is 17.8 Å². The summed E-state index contributed by atoms with van der Waals surface area (Å²) in [5.74, 6) is 0.472. The van der Waals surface area contributed by atoms with E-state index >= 15 is 0 Å². The molecule has 3 heterocycles. The summed E-state index contributed by atoms with van der Waals surface area (Å²) in [6.45, 7) is 3.35. The number of nitrogens with one attached hydrogen (secondary N) is 1. The second-order valence-corrected chi connectivity index (χ2v) is 15.3. The number of halogens is 1. The molecule has 2 aromatic carbocycles. The SMILES string of the molecule is O=C1NS(=O)(=O)N(CC2COC2)CC/C=C/[C@H](O)[C@@H]2CC[C@H]2CN2C[C@@]3(CCCc4cc(Cl)ccc43)COc3ccc1cc32. The summed E-state index contributed by atoms with van der Waals surface area (Å²) >= 11 is 6.40. The Morgan fingerprint density at radius 2 is 2.00 bits per heavy atom. The van der Waals surface area contributed by atoms with Crippen molar-refractivity contribution in [3.63, 3.8) is 0 Å².